The Labute approximate surface area is 193 Å². The quantitative estimate of drug-likeness (QED) is 0.545. The van der Waals surface area contributed by atoms with E-state index in [-0.39, 0.29) is 24.0 Å². The Balaban J connectivity index is 1.83. The summed E-state index contributed by atoms with van der Waals surface area (Å²) >= 11 is 0. The standard InChI is InChI=1S/C24H43N3O5/c1-6-30-21(28)19-9-11-20(12-10-19)31-24(26-13-7-8-14-26,22(29)32-23(2,3)4)27-17-15-25(5)16-18-27/h19-20H,6-18H2,1-5H3/t19-,20-,24?. The van der Waals surface area contributed by atoms with E-state index in [1.165, 1.54) is 0 Å². The number of rotatable bonds is 7. The first-order valence-corrected chi connectivity index (χ1v) is 12.4. The Hall–Kier alpha value is -1.22. The van der Waals surface area contributed by atoms with Crippen LogP contribution < -0.4 is 0 Å². The van der Waals surface area contributed by atoms with Crippen molar-refractivity contribution in [2.24, 2.45) is 5.92 Å². The molecule has 0 bridgehead atoms. The third kappa shape index (κ3) is 6.01. The molecule has 0 aromatic heterocycles. The lowest BCUT2D eigenvalue weighted by Gasteiger charge is -2.51. The second-order valence-corrected chi connectivity index (χ2v) is 10.4. The summed E-state index contributed by atoms with van der Waals surface area (Å²) in [4.78, 5) is 32.7. The van der Waals surface area contributed by atoms with Crippen molar-refractivity contribution in [3.05, 3.63) is 0 Å². The van der Waals surface area contributed by atoms with Crippen LogP contribution in [0.4, 0.5) is 0 Å². The molecule has 8 heteroatoms. The summed E-state index contributed by atoms with van der Waals surface area (Å²) < 4.78 is 18.1. The van der Waals surface area contributed by atoms with E-state index in [4.69, 9.17) is 14.2 Å². The highest BCUT2D eigenvalue weighted by molar-refractivity contribution is 5.79. The van der Waals surface area contributed by atoms with Crippen molar-refractivity contribution in [2.75, 3.05) is 52.9 Å². The van der Waals surface area contributed by atoms with Crippen LogP contribution in [-0.2, 0) is 23.8 Å². The van der Waals surface area contributed by atoms with Crippen LogP contribution in [0.3, 0.4) is 0 Å². The number of nitrogens with zero attached hydrogens (tertiary/aromatic N) is 3. The van der Waals surface area contributed by atoms with Crippen molar-refractivity contribution in [1.82, 2.24) is 14.7 Å². The molecule has 3 rings (SSSR count). The normalized spacial score (nSPS) is 28.3. The smallest absolute Gasteiger partial charge is 0.371 e. The van der Waals surface area contributed by atoms with Crippen LogP contribution in [0.1, 0.15) is 66.2 Å². The van der Waals surface area contributed by atoms with Crippen LogP contribution >= 0.6 is 0 Å². The second kappa shape index (κ2) is 10.8. The number of likely N-dealkylation sites (N-methyl/N-ethyl adjacent to an activating group) is 1. The summed E-state index contributed by atoms with van der Waals surface area (Å²) in [7, 11) is 2.11. The Bertz CT molecular complexity index is 630. The van der Waals surface area contributed by atoms with Gasteiger partial charge >= 0.3 is 11.9 Å². The van der Waals surface area contributed by atoms with Gasteiger partial charge in [-0.1, -0.05) is 0 Å². The second-order valence-electron chi connectivity index (χ2n) is 10.4. The predicted molar refractivity (Wildman–Crippen MR) is 122 cm³/mol. The fraction of sp³-hybridized carbons (Fsp3) is 0.917. The number of carbonyl (C=O) groups is 2. The summed E-state index contributed by atoms with van der Waals surface area (Å²) in [5.74, 6) is -1.68. The molecule has 1 aliphatic carbocycles. The van der Waals surface area contributed by atoms with Gasteiger partial charge in [0.25, 0.3) is 5.85 Å². The molecule has 1 atom stereocenters. The van der Waals surface area contributed by atoms with Crippen LogP contribution in [0.15, 0.2) is 0 Å². The summed E-state index contributed by atoms with van der Waals surface area (Å²) in [6, 6.07) is 0. The molecule has 2 aliphatic heterocycles. The number of hydrogen-bond acceptors (Lipinski definition) is 8. The molecule has 0 N–H and O–H groups in total. The van der Waals surface area contributed by atoms with Gasteiger partial charge in [-0.3, -0.25) is 14.6 Å². The van der Waals surface area contributed by atoms with Crippen molar-refractivity contribution in [2.45, 2.75) is 83.8 Å². The molecular formula is C24H43N3O5. The summed E-state index contributed by atoms with van der Waals surface area (Å²) in [6.07, 6.45) is 4.97. The molecule has 0 aromatic carbocycles. The summed E-state index contributed by atoms with van der Waals surface area (Å²) in [5, 5.41) is 0. The van der Waals surface area contributed by atoms with Gasteiger partial charge in [0.05, 0.1) is 18.6 Å². The zero-order valence-corrected chi connectivity index (χ0v) is 20.7. The molecule has 2 saturated heterocycles. The molecule has 1 saturated carbocycles. The van der Waals surface area contributed by atoms with Crippen molar-refractivity contribution in [1.29, 1.82) is 0 Å². The van der Waals surface area contributed by atoms with Crippen molar-refractivity contribution in [3.63, 3.8) is 0 Å². The largest absolute Gasteiger partial charge is 0.466 e. The highest BCUT2D eigenvalue weighted by atomic mass is 16.6. The monoisotopic (exact) mass is 453 g/mol. The van der Waals surface area contributed by atoms with Crippen LogP contribution in [-0.4, -0.2) is 97.1 Å². The van der Waals surface area contributed by atoms with Gasteiger partial charge in [0.2, 0.25) is 0 Å². The van der Waals surface area contributed by atoms with E-state index in [0.717, 1.165) is 77.8 Å². The summed E-state index contributed by atoms with van der Waals surface area (Å²) in [5.41, 5.74) is -0.598. The maximum absolute atomic E-state index is 13.9. The first-order valence-electron chi connectivity index (χ1n) is 12.4. The molecule has 3 fully saturated rings. The van der Waals surface area contributed by atoms with E-state index in [1.807, 2.05) is 27.7 Å². The van der Waals surface area contributed by atoms with E-state index < -0.39 is 11.4 Å². The maximum Gasteiger partial charge on any atom is 0.371 e. The number of piperazine rings is 1. The number of carbonyl (C=O) groups excluding carboxylic acids is 2. The molecule has 1 unspecified atom stereocenters. The lowest BCUT2D eigenvalue weighted by molar-refractivity contribution is -0.281. The molecule has 0 amide bonds. The number of hydrogen-bond donors (Lipinski definition) is 0. The van der Waals surface area contributed by atoms with Crippen LogP contribution in [0.2, 0.25) is 0 Å². The Morgan fingerprint density at radius 1 is 0.875 bits per heavy atom. The highest BCUT2D eigenvalue weighted by Gasteiger charge is 2.55. The molecule has 2 heterocycles. The van der Waals surface area contributed by atoms with Crippen molar-refractivity contribution in [3.8, 4) is 0 Å². The molecular weight excluding hydrogens is 410 g/mol. The molecule has 8 nitrogen and oxygen atoms in total. The number of ether oxygens (including phenoxy) is 3. The van der Waals surface area contributed by atoms with Crippen molar-refractivity contribution >= 4 is 11.9 Å². The highest BCUT2D eigenvalue weighted by Crippen LogP contribution is 2.36. The van der Waals surface area contributed by atoms with Gasteiger partial charge in [-0.15, -0.1) is 0 Å². The number of likely N-dealkylation sites (tertiary alicyclic amines) is 1. The lowest BCUT2D eigenvalue weighted by Crippen LogP contribution is -2.71. The minimum atomic E-state index is -1.20. The van der Waals surface area contributed by atoms with Gasteiger partial charge in [-0.2, -0.15) is 0 Å². The lowest BCUT2D eigenvalue weighted by atomic mass is 9.87. The SMILES string of the molecule is CCOC(=O)[C@H]1CC[C@H](OC(C(=O)OC(C)(C)C)(N2CCCC2)N2CCN(C)CC2)CC1. The third-order valence-corrected chi connectivity index (χ3v) is 6.76. The molecule has 0 aromatic rings. The van der Waals surface area contributed by atoms with E-state index in [9.17, 15) is 9.59 Å². The fourth-order valence-electron chi connectivity index (χ4n) is 5.04. The third-order valence-electron chi connectivity index (χ3n) is 6.76. The molecule has 3 aliphatic rings. The maximum atomic E-state index is 13.9. The van der Waals surface area contributed by atoms with E-state index >= 15 is 0 Å². The molecule has 32 heavy (non-hydrogen) atoms. The van der Waals surface area contributed by atoms with E-state index in [0.29, 0.717) is 6.61 Å². The molecule has 184 valence electrons. The summed E-state index contributed by atoms with van der Waals surface area (Å²) in [6.45, 7) is 12.9. The van der Waals surface area contributed by atoms with Gasteiger partial charge in [0.15, 0.2) is 0 Å². The van der Waals surface area contributed by atoms with Gasteiger partial charge in [0, 0.05) is 39.3 Å². The van der Waals surface area contributed by atoms with E-state index in [1.54, 1.807) is 0 Å². The molecule has 0 radical (unpaired) electrons. The predicted octanol–water partition coefficient (Wildman–Crippen LogP) is 2.46. The minimum absolute atomic E-state index is 0.0684. The number of esters is 2. The zero-order chi connectivity index (χ0) is 23.4. The first-order chi connectivity index (χ1) is 15.2. The molecule has 0 spiro atoms. The van der Waals surface area contributed by atoms with E-state index in [2.05, 4.69) is 21.7 Å². The van der Waals surface area contributed by atoms with Gasteiger partial charge in [-0.05, 0) is 73.3 Å². The Kier molecular flexibility index (Phi) is 8.58. The zero-order valence-electron chi connectivity index (χ0n) is 20.7. The topological polar surface area (TPSA) is 71.5 Å². The van der Waals surface area contributed by atoms with Gasteiger partial charge in [-0.25, -0.2) is 4.79 Å². The Morgan fingerprint density at radius 2 is 1.44 bits per heavy atom. The fourth-order valence-corrected chi connectivity index (χ4v) is 5.04. The average Bonchev–Trinajstić information content (AvgIpc) is 3.27. The first kappa shape index (κ1) is 25.4. The van der Waals surface area contributed by atoms with Gasteiger partial charge in [0.1, 0.15) is 5.60 Å². The van der Waals surface area contributed by atoms with Crippen LogP contribution in [0.5, 0.6) is 0 Å². The van der Waals surface area contributed by atoms with Gasteiger partial charge < -0.3 is 19.1 Å². The average molecular weight is 454 g/mol. The van der Waals surface area contributed by atoms with Crippen LogP contribution in [0.25, 0.3) is 0 Å². The van der Waals surface area contributed by atoms with Crippen molar-refractivity contribution < 1.29 is 23.8 Å². The van der Waals surface area contributed by atoms with Crippen LogP contribution in [0, 0.1) is 5.92 Å². The Morgan fingerprint density at radius 3 is 1.97 bits per heavy atom. The minimum Gasteiger partial charge on any atom is -0.466 e.